The molecule has 3 heterocycles. The zero-order valence-corrected chi connectivity index (χ0v) is 20.8. The van der Waals surface area contributed by atoms with Crippen molar-refractivity contribution in [2.45, 2.75) is 19.6 Å². The van der Waals surface area contributed by atoms with Crippen LogP contribution < -0.4 is 10.4 Å². The second kappa shape index (κ2) is 7.48. The van der Waals surface area contributed by atoms with Gasteiger partial charge in [-0.25, -0.2) is 0 Å². The fraction of sp³-hybridized carbons (Fsp3) is 0. The van der Waals surface area contributed by atoms with Crippen molar-refractivity contribution in [3.8, 4) is 0 Å². The standard InChI is InChI=1S/C24H12N2S4Se/c1-2-8-14-13(7-1)19(23-27-15-9-3-4-10-16(15)28-23)21-22(26-31-25-21)20(14)24-29-17-11-5-6-12-18(17)30-24/h1-12H. The molecule has 0 unspecified atom stereocenters. The fourth-order valence-electron chi connectivity index (χ4n) is 3.99. The van der Waals surface area contributed by atoms with Gasteiger partial charge in [-0.2, -0.15) is 0 Å². The average Bonchev–Trinajstić information content (AvgIpc) is 3.54. The Kier molecular flexibility index (Phi) is 4.56. The van der Waals surface area contributed by atoms with Crippen LogP contribution in [0.15, 0.2) is 92.4 Å². The topological polar surface area (TPSA) is 25.8 Å². The third-order valence-corrected chi connectivity index (χ3v) is 11.6. The Morgan fingerprint density at radius 1 is 0.484 bits per heavy atom. The molecule has 0 N–H and O–H groups in total. The van der Waals surface area contributed by atoms with E-state index in [-0.39, 0.29) is 15.0 Å². The molecule has 2 aliphatic heterocycles. The molecule has 0 bridgehead atoms. The van der Waals surface area contributed by atoms with Gasteiger partial charge >= 0.3 is 203 Å². The van der Waals surface area contributed by atoms with E-state index in [2.05, 4.69) is 72.8 Å². The fourth-order valence-corrected chi connectivity index (χ4v) is 10.4. The Morgan fingerprint density at radius 3 is 1.23 bits per heavy atom. The normalized spacial score (nSPS) is 15.1. The molecule has 0 fully saturated rings. The third kappa shape index (κ3) is 2.99. The van der Waals surface area contributed by atoms with Crippen molar-refractivity contribution in [3.05, 3.63) is 83.2 Å². The summed E-state index contributed by atoms with van der Waals surface area (Å²) in [6, 6.07) is 26.1. The first-order valence-electron chi connectivity index (χ1n) is 9.68. The van der Waals surface area contributed by atoms with Crippen LogP contribution in [-0.2, 0) is 0 Å². The second-order valence-electron chi connectivity index (χ2n) is 7.13. The first-order chi connectivity index (χ1) is 15.4. The number of fused-ring (bicyclic) bond motifs is 4. The second-order valence-corrected chi connectivity index (χ2v) is 13.0. The predicted molar refractivity (Wildman–Crippen MR) is 136 cm³/mol. The average molecular weight is 536 g/mol. The predicted octanol–water partition coefficient (Wildman–Crippen LogP) is 5.77. The van der Waals surface area contributed by atoms with Crippen LogP contribution >= 0.6 is 47.0 Å². The third-order valence-electron chi connectivity index (χ3n) is 5.35. The molecule has 0 spiro atoms. The monoisotopic (exact) mass is 536 g/mol. The van der Waals surface area contributed by atoms with Gasteiger partial charge in [0.1, 0.15) is 0 Å². The zero-order valence-electron chi connectivity index (χ0n) is 15.9. The van der Waals surface area contributed by atoms with Crippen LogP contribution in [0.5, 0.6) is 0 Å². The maximum absolute atomic E-state index is 4.95. The maximum atomic E-state index is 4.95. The number of rotatable bonds is 0. The van der Waals surface area contributed by atoms with Gasteiger partial charge < -0.3 is 0 Å². The summed E-state index contributed by atoms with van der Waals surface area (Å²) in [5, 5.41) is 5.07. The van der Waals surface area contributed by atoms with Crippen LogP contribution in [0.2, 0.25) is 0 Å². The molecule has 0 saturated heterocycles. The van der Waals surface area contributed by atoms with Gasteiger partial charge in [-0.15, -0.1) is 0 Å². The Balaban J connectivity index is 1.61. The molecule has 0 amide bonds. The van der Waals surface area contributed by atoms with Crippen LogP contribution in [0.25, 0.3) is 30.3 Å². The van der Waals surface area contributed by atoms with Gasteiger partial charge in [0.25, 0.3) is 0 Å². The van der Waals surface area contributed by atoms with E-state index in [1.54, 1.807) is 0 Å². The van der Waals surface area contributed by atoms with E-state index in [0.29, 0.717) is 0 Å². The van der Waals surface area contributed by atoms with Crippen molar-refractivity contribution in [2.75, 3.05) is 0 Å². The molecule has 7 rings (SSSR count). The van der Waals surface area contributed by atoms with E-state index in [1.807, 2.05) is 47.0 Å². The minimum absolute atomic E-state index is 0.0914. The van der Waals surface area contributed by atoms with E-state index >= 15 is 0 Å². The SMILES string of the molecule is c1ccc2c(c1)SC(=c1c3ccccc3c(=C3Sc4ccccc4S3)c3n[se]nc13)S2. The molecule has 31 heavy (non-hydrogen) atoms. The van der Waals surface area contributed by atoms with E-state index in [9.17, 15) is 0 Å². The number of aromatic nitrogens is 2. The van der Waals surface area contributed by atoms with Gasteiger partial charge in [-0.05, 0) is 0 Å². The van der Waals surface area contributed by atoms with Gasteiger partial charge in [0.2, 0.25) is 0 Å². The summed E-state index contributed by atoms with van der Waals surface area (Å²) in [6.45, 7) is 0. The van der Waals surface area contributed by atoms with Gasteiger partial charge in [0, 0.05) is 0 Å². The van der Waals surface area contributed by atoms with Gasteiger partial charge in [-0.1, -0.05) is 0 Å². The van der Waals surface area contributed by atoms with Crippen LogP contribution in [-0.4, -0.2) is 22.9 Å². The Labute approximate surface area is 201 Å². The summed E-state index contributed by atoms with van der Waals surface area (Å²) in [6.07, 6.45) is 0. The van der Waals surface area contributed by atoms with Crippen LogP contribution in [0.3, 0.4) is 0 Å². The quantitative estimate of drug-likeness (QED) is 0.234. The van der Waals surface area contributed by atoms with E-state index in [1.165, 1.54) is 49.3 Å². The Hall–Kier alpha value is -1.60. The molecule has 5 aromatic rings. The molecule has 4 aromatic carbocycles. The molecule has 2 nitrogen and oxygen atoms in total. The van der Waals surface area contributed by atoms with Crippen molar-refractivity contribution in [1.29, 1.82) is 0 Å². The van der Waals surface area contributed by atoms with Gasteiger partial charge in [0.05, 0.1) is 0 Å². The molecule has 148 valence electrons. The summed E-state index contributed by atoms with van der Waals surface area (Å²) >= 11 is 7.37. The summed E-state index contributed by atoms with van der Waals surface area (Å²) in [4.78, 5) is 5.32. The first-order valence-corrected chi connectivity index (χ1v) is 14.5. The number of hydrogen-bond donors (Lipinski definition) is 0. The van der Waals surface area contributed by atoms with Crippen LogP contribution in [0.4, 0.5) is 0 Å². The summed E-state index contributed by atoms with van der Waals surface area (Å²) in [5.74, 6) is 0. The van der Waals surface area contributed by atoms with Crippen molar-refractivity contribution < 1.29 is 0 Å². The number of hydrogen-bond acceptors (Lipinski definition) is 6. The molecule has 0 saturated carbocycles. The molecule has 7 heteroatoms. The van der Waals surface area contributed by atoms with Crippen molar-refractivity contribution in [3.63, 3.8) is 0 Å². The Bertz CT molecular complexity index is 1480. The molecular weight excluding hydrogens is 524 g/mol. The molecule has 0 radical (unpaired) electrons. The van der Waals surface area contributed by atoms with E-state index in [0.717, 1.165) is 11.0 Å². The van der Waals surface area contributed by atoms with Gasteiger partial charge in [0.15, 0.2) is 0 Å². The Morgan fingerprint density at radius 2 is 0.839 bits per heavy atom. The van der Waals surface area contributed by atoms with E-state index < -0.39 is 0 Å². The molecule has 0 atom stereocenters. The molecule has 2 aliphatic rings. The van der Waals surface area contributed by atoms with Gasteiger partial charge in [-0.3, -0.25) is 0 Å². The van der Waals surface area contributed by atoms with Crippen molar-refractivity contribution in [2.24, 2.45) is 0 Å². The van der Waals surface area contributed by atoms with Crippen LogP contribution in [0.1, 0.15) is 0 Å². The van der Waals surface area contributed by atoms with Crippen molar-refractivity contribution >= 4 is 92.3 Å². The molecule has 1 aromatic heterocycles. The minimum atomic E-state index is -0.0914. The number of nitrogens with zero attached hydrogens (tertiary/aromatic N) is 2. The summed E-state index contributed by atoms with van der Waals surface area (Å²) in [7, 11) is 0. The number of benzene rings is 4. The van der Waals surface area contributed by atoms with Crippen molar-refractivity contribution in [1.82, 2.24) is 7.96 Å². The number of thioether (sulfide) groups is 4. The van der Waals surface area contributed by atoms with E-state index in [4.69, 9.17) is 7.96 Å². The summed E-state index contributed by atoms with van der Waals surface area (Å²) < 4.78 is 12.5. The summed E-state index contributed by atoms with van der Waals surface area (Å²) in [5.41, 5.74) is 2.17. The molecule has 0 aliphatic carbocycles. The zero-order chi connectivity index (χ0) is 20.4. The first kappa shape index (κ1) is 18.9. The molecular formula is C24H12N2S4Se. The van der Waals surface area contributed by atoms with Crippen LogP contribution in [0, 0.1) is 0 Å².